The van der Waals surface area contributed by atoms with Gasteiger partial charge in [0.25, 0.3) is 5.91 Å². The first kappa shape index (κ1) is 12.2. The number of rotatable bonds is 3. The van der Waals surface area contributed by atoms with Crippen molar-refractivity contribution in [2.75, 3.05) is 0 Å². The number of aromatic hydroxyl groups is 1. The van der Waals surface area contributed by atoms with Crippen LogP contribution in [0.25, 0.3) is 10.8 Å². The van der Waals surface area contributed by atoms with E-state index in [4.69, 9.17) is 0 Å². The zero-order valence-corrected chi connectivity index (χ0v) is 10.2. The summed E-state index contributed by atoms with van der Waals surface area (Å²) < 4.78 is 0. The number of fused-ring (bicyclic) bond motifs is 1. The van der Waals surface area contributed by atoms with Crippen molar-refractivity contribution in [1.29, 1.82) is 0 Å². The minimum Gasteiger partial charge on any atom is -0.507 e. The summed E-state index contributed by atoms with van der Waals surface area (Å²) in [5.74, 6) is -0.312. The average Bonchev–Trinajstić information content (AvgIpc) is 2.37. The largest absolute Gasteiger partial charge is 0.507 e. The highest BCUT2D eigenvalue weighted by atomic mass is 16.3. The van der Waals surface area contributed by atoms with E-state index in [0.29, 0.717) is 0 Å². The Bertz CT molecular complexity index is 604. The Hall–Kier alpha value is -2.29. The third kappa shape index (κ3) is 2.35. The van der Waals surface area contributed by atoms with E-state index in [1.54, 1.807) is 18.2 Å². The molecule has 0 fully saturated rings. The zero-order chi connectivity index (χ0) is 13.1. The maximum absolute atomic E-state index is 12.0. The van der Waals surface area contributed by atoms with Gasteiger partial charge in [-0.3, -0.25) is 4.79 Å². The summed E-state index contributed by atoms with van der Waals surface area (Å²) in [5, 5.41) is 14.4. The molecule has 0 bridgehead atoms. The van der Waals surface area contributed by atoms with Crippen molar-refractivity contribution < 1.29 is 9.90 Å². The molecule has 0 spiro atoms. The average molecular weight is 241 g/mol. The van der Waals surface area contributed by atoms with Gasteiger partial charge in [-0.05, 0) is 29.8 Å². The van der Waals surface area contributed by atoms with E-state index in [1.165, 1.54) is 0 Å². The molecule has 2 N–H and O–H groups in total. The van der Waals surface area contributed by atoms with Crippen LogP contribution in [0.15, 0.2) is 49.1 Å². The van der Waals surface area contributed by atoms with Crippen LogP contribution in [0, 0.1) is 0 Å². The van der Waals surface area contributed by atoms with Crippen LogP contribution in [0.3, 0.4) is 0 Å². The number of nitrogens with one attached hydrogen (secondary N) is 1. The molecule has 92 valence electrons. The number of benzene rings is 2. The molecule has 0 aromatic heterocycles. The van der Waals surface area contributed by atoms with Gasteiger partial charge in [0, 0.05) is 6.04 Å². The van der Waals surface area contributed by atoms with Crippen LogP contribution in [0.1, 0.15) is 17.3 Å². The number of carbonyl (C=O) groups excluding carboxylic acids is 1. The van der Waals surface area contributed by atoms with E-state index in [0.717, 1.165) is 10.8 Å². The third-order valence-corrected chi connectivity index (χ3v) is 2.82. The van der Waals surface area contributed by atoms with Gasteiger partial charge in [-0.25, -0.2) is 0 Å². The lowest BCUT2D eigenvalue weighted by Gasteiger charge is -2.11. The molecule has 1 unspecified atom stereocenters. The van der Waals surface area contributed by atoms with Crippen LogP contribution in [0.2, 0.25) is 0 Å². The van der Waals surface area contributed by atoms with E-state index in [9.17, 15) is 9.90 Å². The number of phenolic OH excluding ortho intramolecular Hbond substituents is 1. The minimum absolute atomic E-state index is 0.0116. The molecule has 2 rings (SSSR count). The monoisotopic (exact) mass is 241 g/mol. The van der Waals surface area contributed by atoms with Crippen molar-refractivity contribution in [3.8, 4) is 5.75 Å². The van der Waals surface area contributed by atoms with Gasteiger partial charge in [-0.2, -0.15) is 0 Å². The molecule has 0 aliphatic rings. The molecule has 0 heterocycles. The second kappa shape index (κ2) is 4.92. The summed E-state index contributed by atoms with van der Waals surface area (Å²) in [4.78, 5) is 12.0. The zero-order valence-electron chi connectivity index (χ0n) is 10.2. The molecule has 1 atom stereocenters. The highest BCUT2D eigenvalue weighted by molar-refractivity contribution is 6.01. The lowest BCUT2D eigenvalue weighted by Crippen LogP contribution is -2.30. The van der Waals surface area contributed by atoms with Crippen molar-refractivity contribution in [1.82, 2.24) is 5.32 Å². The van der Waals surface area contributed by atoms with Crippen molar-refractivity contribution in [2.24, 2.45) is 0 Å². The van der Waals surface area contributed by atoms with Crippen LogP contribution < -0.4 is 5.32 Å². The summed E-state index contributed by atoms with van der Waals surface area (Å²) in [7, 11) is 0. The topological polar surface area (TPSA) is 49.3 Å². The fourth-order valence-corrected chi connectivity index (χ4v) is 1.75. The van der Waals surface area contributed by atoms with E-state index >= 15 is 0 Å². The predicted molar refractivity (Wildman–Crippen MR) is 72.7 cm³/mol. The maximum Gasteiger partial charge on any atom is 0.255 e. The smallest absolute Gasteiger partial charge is 0.255 e. The summed E-state index contributed by atoms with van der Waals surface area (Å²) in [6.45, 7) is 5.42. The Kier molecular flexibility index (Phi) is 3.33. The molecule has 3 nitrogen and oxygen atoms in total. The first-order chi connectivity index (χ1) is 8.61. The fourth-order valence-electron chi connectivity index (χ4n) is 1.75. The number of amides is 1. The van der Waals surface area contributed by atoms with Crippen LogP contribution >= 0.6 is 0 Å². The molecule has 3 heteroatoms. The van der Waals surface area contributed by atoms with E-state index in [1.807, 2.05) is 31.2 Å². The molecule has 2 aromatic rings. The van der Waals surface area contributed by atoms with Crippen LogP contribution in [0.5, 0.6) is 5.75 Å². The highest BCUT2D eigenvalue weighted by Gasteiger charge is 2.13. The summed E-state index contributed by atoms with van der Waals surface area (Å²) >= 11 is 0. The number of hydrogen-bond donors (Lipinski definition) is 2. The van der Waals surface area contributed by atoms with E-state index in [2.05, 4.69) is 11.9 Å². The van der Waals surface area contributed by atoms with Crippen LogP contribution in [-0.2, 0) is 0 Å². The lowest BCUT2D eigenvalue weighted by atomic mass is 10.1. The van der Waals surface area contributed by atoms with Crippen molar-refractivity contribution >= 4 is 16.7 Å². The Morgan fingerprint density at radius 2 is 1.94 bits per heavy atom. The van der Waals surface area contributed by atoms with Gasteiger partial charge in [0.05, 0.1) is 5.56 Å². The van der Waals surface area contributed by atoms with Gasteiger partial charge in [-0.1, -0.05) is 30.3 Å². The van der Waals surface area contributed by atoms with E-state index in [-0.39, 0.29) is 23.3 Å². The Balaban J connectivity index is 2.41. The SMILES string of the molecule is C=CC(C)NC(=O)c1cc2ccccc2cc1O. The number of phenols is 1. The predicted octanol–water partition coefficient (Wildman–Crippen LogP) is 2.85. The van der Waals surface area contributed by atoms with E-state index < -0.39 is 0 Å². The molecule has 0 radical (unpaired) electrons. The second-order valence-corrected chi connectivity index (χ2v) is 4.21. The fraction of sp³-hybridized carbons (Fsp3) is 0.133. The summed E-state index contributed by atoms with van der Waals surface area (Å²) in [6.07, 6.45) is 1.63. The van der Waals surface area contributed by atoms with Crippen molar-refractivity contribution in [3.63, 3.8) is 0 Å². The Morgan fingerprint density at radius 1 is 1.33 bits per heavy atom. The maximum atomic E-state index is 12.0. The second-order valence-electron chi connectivity index (χ2n) is 4.21. The molecule has 0 aliphatic carbocycles. The van der Waals surface area contributed by atoms with Gasteiger partial charge in [-0.15, -0.1) is 6.58 Å². The highest BCUT2D eigenvalue weighted by Crippen LogP contribution is 2.24. The van der Waals surface area contributed by atoms with Gasteiger partial charge in [0.15, 0.2) is 0 Å². The Morgan fingerprint density at radius 3 is 2.56 bits per heavy atom. The lowest BCUT2D eigenvalue weighted by molar-refractivity contribution is 0.0944. The molecule has 18 heavy (non-hydrogen) atoms. The van der Waals surface area contributed by atoms with Gasteiger partial charge in [0.1, 0.15) is 5.75 Å². The summed E-state index contributed by atoms with van der Waals surface area (Å²) in [6, 6.07) is 10.7. The molecule has 1 amide bonds. The quantitative estimate of drug-likeness (QED) is 0.812. The molecule has 0 saturated carbocycles. The Labute approximate surface area is 106 Å². The number of carbonyl (C=O) groups is 1. The van der Waals surface area contributed by atoms with Crippen molar-refractivity contribution in [2.45, 2.75) is 13.0 Å². The summed E-state index contributed by atoms with van der Waals surface area (Å²) in [5.41, 5.74) is 0.280. The van der Waals surface area contributed by atoms with Crippen molar-refractivity contribution in [3.05, 3.63) is 54.6 Å². The first-order valence-electron chi connectivity index (χ1n) is 5.77. The van der Waals surface area contributed by atoms with Gasteiger partial charge >= 0.3 is 0 Å². The van der Waals surface area contributed by atoms with Gasteiger partial charge in [0.2, 0.25) is 0 Å². The minimum atomic E-state index is -0.300. The molecule has 0 aliphatic heterocycles. The number of hydrogen-bond acceptors (Lipinski definition) is 2. The first-order valence-corrected chi connectivity index (χ1v) is 5.77. The molecule has 0 saturated heterocycles. The molecular formula is C15H15NO2. The van der Waals surface area contributed by atoms with Crippen LogP contribution in [-0.4, -0.2) is 17.1 Å². The normalized spacial score (nSPS) is 12.1. The molecule has 2 aromatic carbocycles. The standard InChI is InChI=1S/C15H15NO2/c1-3-10(2)16-15(18)13-8-11-6-4-5-7-12(11)9-14(13)17/h3-10,17H,1H2,2H3,(H,16,18). The van der Waals surface area contributed by atoms with Crippen LogP contribution in [0.4, 0.5) is 0 Å². The molecular weight excluding hydrogens is 226 g/mol. The third-order valence-electron chi connectivity index (χ3n) is 2.82. The van der Waals surface area contributed by atoms with Gasteiger partial charge < -0.3 is 10.4 Å².